The highest BCUT2D eigenvalue weighted by molar-refractivity contribution is 7.19. The molecular formula is C17H21N5O2S. The molecule has 0 unspecified atom stereocenters. The molecule has 1 aliphatic carbocycles. The van der Waals surface area contributed by atoms with Gasteiger partial charge in [-0.1, -0.05) is 18.4 Å². The maximum absolute atomic E-state index is 5.51. The van der Waals surface area contributed by atoms with E-state index in [9.17, 15) is 0 Å². The van der Waals surface area contributed by atoms with Gasteiger partial charge >= 0.3 is 6.08 Å². The number of rotatable bonds is 7. The van der Waals surface area contributed by atoms with E-state index in [4.69, 9.17) is 9.15 Å². The molecule has 0 aliphatic heterocycles. The van der Waals surface area contributed by atoms with Crippen LogP contribution in [0.3, 0.4) is 0 Å². The third-order valence-electron chi connectivity index (χ3n) is 4.33. The number of aromatic nitrogens is 4. The molecule has 3 heterocycles. The maximum Gasteiger partial charge on any atom is 0.414 e. The Bertz CT molecular complexity index is 860. The van der Waals surface area contributed by atoms with E-state index < -0.39 is 0 Å². The number of fused-ring (bicyclic) bond motifs is 3. The van der Waals surface area contributed by atoms with Crippen molar-refractivity contribution in [1.29, 1.82) is 0 Å². The van der Waals surface area contributed by atoms with Gasteiger partial charge in [0.1, 0.15) is 17.0 Å². The van der Waals surface area contributed by atoms with Gasteiger partial charge in [-0.2, -0.15) is 0 Å². The van der Waals surface area contributed by atoms with Crippen molar-refractivity contribution in [3.05, 3.63) is 22.7 Å². The lowest BCUT2D eigenvalue weighted by molar-refractivity contribution is 0.221. The fraction of sp³-hybridized carbons (Fsp3) is 0.529. The van der Waals surface area contributed by atoms with Gasteiger partial charge in [0, 0.05) is 4.88 Å². The number of unbranched alkanes of at least 4 members (excludes halogenated alkanes) is 1. The Morgan fingerprint density at radius 3 is 3.08 bits per heavy atom. The van der Waals surface area contributed by atoms with Crippen LogP contribution in [0.4, 0.5) is 5.82 Å². The summed E-state index contributed by atoms with van der Waals surface area (Å²) >= 11 is 1.79. The first kappa shape index (κ1) is 16.3. The van der Waals surface area contributed by atoms with Gasteiger partial charge in [0.05, 0.1) is 18.5 Å². The van der Waals surface area contributed by atoms with Crippen LogP contribution in [0.25, 0.3) is 10.2 Å². The lowest BCUT2D eigenvalue weighted by Crippen LogP contribution is -2.04. The molecule has 25 heavy (non-hydrogen) atoms. The highest BCUT2D eigenvalue weighted by Gasteiger charge is 2.20. The molecule has 3 aromatic rings. The molecule has 0 aromatic carbocycles. The molecule has 7 nitrogen and oxygen atoms in total. The van der Waals surface area contributed by atoms with Crippen molar-refractivity contribution in [2.75, 3.05) is 11.9 Å². The molecule has 4 rings (SSSR count). The fourth-order valence-electron chi connectivity index (χ4n) is 3.06. The van der Waals surface area contributed by atoms with Crippen LogP contribution in [0, 0.1) is 0 Å². The van der Waals surface area contributed by atoms with Crippen molar-refractivity contribution in [2.24, 2.45) is 0 Å². The standard InChI is InChI=1S/C17H21N5O2S/c1-2-3-8-23-17-22-21-13(24-17)9-18-15-14-11-6-4-5-7-12(11)25-16(14)20-10-19-15/h10H,2-9H2,1H3,(H,18,19,20). The van der Waals surface area contributed by atoms with Gasteiger partial charge in [-0.15, -0.1) is 16.4 Å². The third-order valence-corrected chi connectivity index (χ3v) is 5.53. The molecule has 132 valence electrons. The van der Waals surface area contributed by atoms with Crippen molar-refractivity contribution < 1.29 is 9.15 Å². The van der Waals surface area contributed by atoms with E-state index in [1.54, 1.807) is 17.7 Å². The second-order valence-electron chi connectivity index (χ2n) is 6.13. The van der Waals surface area contributed by atoms with Gasteiger partial charge in [-0.3, -0.25) is 0 Å². The van der Waals surface area contributed by atoms with Gasteiger partial charge in [0.25, 0.3) is 0 Å². The zero-order valence-corrected chi connectivity index (χ0v) is 15.1. The Morgan fingerprint density at radius 1 is 1.24 bits per heavy atom. The zero-order chi connectivity index (χ0) is 17.1. The van der Waals surface area contributed by atoms with Crippen molar-refractivity contribution in [3.63, 3.8) is 0 Å². The number of nitrogens with one attached hydrogen (secondary N) is 1. The third kappa shape index (κ3) is 3.44. The summed E-state index contributed by atoms with van der Waals surface area (Å²) in [6.45, 7) is 3.12. The van der Waals surface area contributed by atoms with Gasteiger partial charge in [-0.25, -0.2) is 9.97 Å². The number of ether oxygens (including phenoxy) is 1. The number of nitrogens with zero attached hydrogens (tertiary/aromatic N) is 4. The van der Waals surface area contributed by atoms with Crippen molar-refractivity contribution in [2.45, 2.75) is 52.0 Å². The lowest BCUT2D eigenvalue weighted by Gasteiger charge is -2.11. The SMILES string of the molecule is CCCCOc1nnc(CNc2ncnc3sc4c(c23)CCCC4)o1. The maximum atomic E-state index is 5.51. The molecule has 1 N–H and O–H groups in total. The first-order valence-corrected chi connectivity index (χ1v) is 9.61. The molecule has 0 spiro atoms. The number of thiophene rings is 1. The molecule has 0 radical (unpaired) electrons. The van der Waals surface area contributed by atoms with E-state index in [2.05, 4.69) is 32.4 Å². The van der Waals surface area contributed by atoms with Crippen LogP contribution < -0.4 is 10.1 Å². The minimum atomic E-state index is 0.228. The van der Waals surface area contributed by atoms with Crippen LogP contribution >= 0.6 is 11.3 Å². The Hall–Kier alpha value is -2.22. The van der Waals surface area contributed by atoms with E-state index in [0.29, 0.717) is 19.0 Å². The average Bonchev–Trinajstić information content (AvgIpc) is 3.24. The minimum Gasteiger partial charge on any atom is -0.449 e. The van der Waals surface area contributed by atoms with Crippen LogP contribution in [0.1, 0.15) is 48.9 Å². The number of aryl methyl sites for hydroxylation is 2. The van der Waals surface area contributed by atoms with Crippen molar-refractivity contribution in [1.82, 2.24) is 20.2 Å². The fourth-order valence-corrected chi connectivity index (χ4v) is 4.28. The summed E-state index contributed by atoms with van der Waals surface area (Å²) in [6, 6.07) is 0. The summed E-state index contributed by atoms with van der Waals surface area (Å²) in [5, 5.41) is 12.4. The molecule has 0 atom stereocenters. The number of hydrogen-bond acceptors (Lipinski definition) is 8. The van der Waals surface area contributed by atoms with Gasteiger partial charge < -0.3 is 14.5 Å². The minimum absolute atomic E-state index is 0.228. The summed E-state index contributed by atoms with van der Waals surface area (Å²) in [6.07, 6.45) is 8.63. The largest absolute Gasteiger partial charge is 0.449 e. The first-order valence-electron chi connectivity index (χ1n) is 8.79. The smallest absolute Gasteiger partial charge is 0.414 e. The Balaban J connectivity index is 1.49. The Labute approximate surface area is 149 Å². The molecule has 1 aliphatic rings. The summed E-state index contributed by atoms with van der Waals surface area (Å²) < 4.78 is 10.9. The molecule has 0 fully saturated rings. The predicted molar refractivity (Wildman–Crippen MR) is 96.1 cm³/mol. The summed E-state index contributed by atoms with van der Waals surface area (Å²) in [5.41, 5.74) is 1.41. The molecule has 0 saturated heterocycles. The summed E-state index contributed by atoms with van der Waals surface area (Å²) in [7, 11) is 0. The van der Waals surface area contributed by atoms with E-state index in [-0.39, 0.29) is 6.08 Å². The van der Waals surface area contributed by atoms with Crippen LogP contribution in [-0.4, -0.2) is 26.8 Å². The highest BCUT2D eigenvalue weighted by atomic mass is 32.1. The molecule has 3 aromatic heterocycles. The molecule has 0 bridgehead atoms. The van der Waals surface area contributed by atoms with Gasteiger partial charge in [0.15, 0.2) is 0 Å². The van der Waals surface area contributed by atoms with Crippen LogP contribution in [0.15, 0.2) is 10.7 Å². The average molecular weight is 359 g/mol. The van der Waals surface area contributed by atoms with Gasteiger partial charge in [0.2, 0.25) is 5.89 Å². The van der Waals surface area contributed by atoms with Crippen molar-refractivity contribution >= 4 is 27.4 Å². The lowest BCUT2D eigenvalue weighted by atomic mass is 9.97. The quantitative estimate of drug-likeness (QED) is 0.643. The molecule has 0 saturated carbocycles. The normalized spacial score (nSPS) is 13.8. The highest BCUT2D eigenvalue weighted by Crippen LogP contribution is 2.38. The molecule has 8 heteroatoms. The monoisotopic (exact) mass is 359 g/mol. The Morgan fingerprint density at radius 2 is 2.16 bits per heavy atom. The topological polar surface area (TPSA) is 86.0 Å². The molecule has 0 amide bonds. The Kier molecular flexibility index (Phi) is 4.78. The number of hydrogen-bond donors (Lipinski definition) is 1. The van der Waals surface area contributed by atoms with E-state index in [0.717, 1.165) is 41.7 Å². The molecular weight excluding hydrogens is 338 g/mol. The van der Waals surface area contributed by atoms with E-state index in [1.165, 1.54) is 23.3 Å². The zero-order valence-electron chi connectivity index (χ0n) is 14.2. The number of anilines is 1. The first-order chi connectivity index (χ1) is 12.3. The van der Waals surface area contributed by atoms with Crippen LogP contribution in [0.2, 0.25) is 0 Å². The summed E-state index contributed by atoms with van der Waals surface area (Å²) in [4.78, 5) is 11.4. The van der Waals surface area contributed by atoms with Gasteiger partial charge in [-0.05, 0) is 37.7 Å². The second-order valence-corrected chi connectivity index (χ2v) is 7.21. The summed E-state index contributed by atoms with van der Waals surface area (Å²) in [5.74, 6) is 1.33. The second kappa shape index (κ2) is 7.35. The predicted octanol–water partition coefficient (Wildman–Crippen LogP) is 3.74. The van der Waals surface area contributed by atoms with E-state index >= 15 is 0 Å². The van der Waals surface area contributed by atoms with E-state index in [1.807, 2.05) is 0 Å². The van der Waals surface area contributed by atoms with Crippen molar-refractivity contribution in [3.8, 4) is 6.08 Å². The van der Waals surface area contributed by atoms with Crippen LogP contribution in [-0.2, 0) is 19.4 Å². The van der Waals surface area contributed by atoms with Crippen LogP contribution in [0.5, 0.6) is 6.08 Å².